The van der Waals surface area contributed by atoms with Crippen molar-refractivity contribution in [3.8, 4) is 22.3 Å². The molecule has 0 amide bonds. The maximum Gasteiger partial charge on any atom is 0.0626 e. The Morgan fingerprint density at radius 3 is 1.39 bits per heavy atom. The number of hydrogen-bond acceptors (Lipinski definition) is 0. The first-order chi connectivity index (χ1) is 21.9. The number of fused-ring (bicyclic) bond motifs is 12. The van der Waals surface area contributed by atoms with E-state index >= 15 is 0 Å². The minimum atomic E-state index is 1.24. The van der Waals surface area contributed by atoms with Gasteiger partial charge in [-0.3, -0.25) is 0 Å². The van der Waals surface area contributed by atoms with Crippen LogP contribution in [-0.4, -0.2) is 8.80 Å². The molecule has 11 aromatic rings. The van der Waals surface area contributed by atoms with Crippen molar-refractivity contribution in [3.05, 3.63) is 146 Å². The molecule has 0 spiro atoms. The van der Waals surface area contributed by atoms with E-state index in [0.717, 1.165) is 0 Å². The summed E-state index contributed by atoms with van der Waals surface area (Å²) >= 11 is 0. The highest BCUT2D eigenvalue weighted by Gasteiger charge is 2.24. The molecule has 0 saturated carbocycles. The third kappa shape index (κ3) is 2.63. The molecular formula is C42H24N2. The first-order valence-corrected chi connectivity index (χ1v) is 15.3. The van der Waals surface area contributed by atoms with Crippen LogP contribution >= 0.6 is 0 Å². The lowest BCUT2D eigenvalue weighted by Gasteiger charge is -2.09. The van der Waals surface area contributed by atoms with Crippen molar-refractivity contribution in [2.45, 2.75) is 0 Å². The van der Waals surface area contributed by atoms with Crippen LogP contribution in [0.15, 0.2) is 146 Å². The fourth-order valence-corrected chi connectivity index (χ4v) is 8.23. The van der Waals surface area contributed by atoms with Gasteiger partial charge in [-0.15, -0.1) is 0 Å². The Bertz CT molecular complexity index is 2920. The molecule has 0 saturated heterocycles. The molecule has 0 radical (unpaired) electrons. The zero-order chi connectivity index (χ0) is 28.5. The second-order valence-corrected chi connectivity index (χ2v) is 12.1. The van der Waals surface area contributed by atoms with Gasteiger partial charge in [0.15, 0.2) is 0 Å². The number of benzene rings is 7. The Labute approximate surface area is 252 Å². The third-order valence-corrected chi connectivity index (χ3v) is 9.99. The van der Waals surface area contributed by atoms with Crippen LogP contribution in [0, 0.1) is 0 Å². The Balaban J connectivity index is 1.36. The van der Waals surface area contributed by atoms with Gasteiger partial charge >= 0.3 is 0 Å². The lowest BCUT2D eigenvalue weighted by molar-refractivity contribution is 1.37. The molecule has 0 aliphatic heterocycles. The SMILES string of the molecule is c1ccc(-c2ccc3c(c2)c2c(-c4ccc5c6ccccc6n6c7ccccc7c4c56)ccc4c5ccccc5n3c42)cc1. The van der Waals surface area contributed by atoms with Gasteiger partial charge in [0.1, 0.15) is 0 Å². The predicted octanol–water partition coefficient (Wildman–Crippen LogP) is 11.3. The molecule has 2 heteroatoms. The van der Waals surface area contributed by atoms with Crippen molar-refractivity contribution < 1.29 is 0 Å². The Morgan fingerprint density at radius 1 is 0.295 bits per heavy atom. The molecule has 4 aromatic heterocycles. The van der Waals surface area contributed by atoms with E-state index in [1.54, 1.807) is 0 Å². The summed E-state index contributed by atoms with van der Waals surface area (Å²) < 4.78 is 4.98. The number of para-hydroxylation sites is 3. The molecule has 0 aliphatic carbocycles. The van der Waals surface area contributed by atoms with Gasteiger partial charge in [-0.05, 0) is 52.6 Å². The maximum atomic E-state index is 2.50. The first-order valence-electron chi connectivity index (χ1n) is 15.3. The molecule has 0 bridgehead atoms. The van der Waals surface area contributed by atoms with Gasteiger partial charge in [-0.25, -0.2) is 0 Å². The van der Waals surface area contributed by atoms with Crippen molar-refractivity contribution in [2.75, 3.05) is 0 Å². The minimum Gasteiger partial charge on any atom is -0.308 e. The van der Waals surface area contributed by atoms with Crippen LogP contribution in [0.4, 0.5) is 0 Å². The van der Waals surface area contributed by atoms with Crippen molar-refractivity contribution in [2.24, 2.45) is 0 Å². The molecule has 0 atom stereocenters. The van der Waals surface area contributed by atoms with E-state index in [0.29, 0.717) is 0 Å². The topological polar surface area (TPSA) is 8.82 Å². The van der Waals surface area contributed by atoms with E-state index in [1.165, 1.54) is 98.4 Å². The van der Waals surface area contributed by atoms with Gasteiger partial charge in [0.25, 0.3) is 0 Å². The van der Waals surface area contributed by atoms with Crippen molar-refractivity contribution in [3.63, 3.8) is 0 Å². The van der Waals surface area contributed by atoms with Crippen LogP contribution in [0.1, 0.15) is 0 Å². The zero-order valence-electron chi connectivity index (χ0n) is 23.8. The van der Waals surface area contributed by atoms with E-state index in [4.69, 9.17) is 0 Å². The first kappa shape index (κ1) is 22.7. The van der Waals surface area contributed by atoms with E-state index in [2.05, 4.69) is 154 Å². The zero-order valence-corrected chi connectivity index (χ0v) is 23.8. The average Bonchev–Trinajstić information content (AvgIpc) is 3.82. The molecule has 0 aliphatic rings. The Morgan fingerprint density at radius 2 is 0.773 bits per heavy atom. The third-order valence-electron chi connectivity index (χ3n) is 9.99. The summed E-state index contributed by atoms with van der Waals surface area (Å²) in [6.45, 7) is 0. The lowest BCUT2D eigenvalue weighted by Crippen LogP contribution is -1.84. The molecule has 202 valence electrons. The second kappa shape index (κ2) is 7.94. The number of hydrogen-bond donors (Lipinski definition) is 0. The summed E-state index contributed by atoms with van der Waals surface area (Å²) in [7, 11) is 0. The summed E-state index contributed by atoms with van der Waals surface area (Å²) in [5.74, 6) is 0. The summed E-state index contributed by atoms with van der Waals surface area (Å²) in [5, 5.41) is 10.5. The van der Waals surface area contributed by atoms with Crippen LogP contribution in [-0.2, 0) is 0 Å². The number of rotatable bonds is 2. The van der Waals surface area contributed by atoms with E-state index < -0.39 is 0 Å². The number of nitrogens with zero attached hydrogens (tertiary/aromatic N) is 2. The molecule has 0 N–H and O–H groups in total. The molecule has 11 rings (SSSR count). The lowest BCUT2D eigenvalue weighted by atomic mass is 9.92. The minimum absolute atomic E-state index is 1.24. The largest absolute Gasteiger partial charge is 0.308 e. The molecule has 0 unspecified atom stereocenters. The fraction of sp³-hybridized carbons (Fsp3) is 0. The van der Waals surface area contributed by atoms with Crippen molar-refractivity contribution in [1.29, 1.82) is 0 Å². The van der Waals surface area contributed by atoms with Crippen molar-refractivity contribution >= 4 is 76.2 Å². The van der Waals surface area contributed by atoms with Crippen LogP contribution < -0.4 is 0 Å². The number of aromatic nitrogens is 2. The molecule has 44 heavy (non-hydrogen) atoms. The van der Waals surface area contributed by atoms with Gasteiger partial charge in [-0.2, -0.15) is 0 Å². The van der Waals surface area contributed by atoms with Gasteiger partial charge in [0.2, 0.25) is 0 Å². The molecule has 0 fully saturated rings. The van der Waals surface area contributed by atoms with Gasteiger partial charge in [0.05, 0.1) is 33.1 Å². The standard InChI is InChI=1S/C42H24N2/c1-2-10-25(11-3-1)26-18-23-38-34(24-26)40-30(20-22-32-28-13-5-8-16-36(28)44(38)42(32)40)29-19-21-31-27-12-4-7-15-35(27)43-37-17-9-6-14-33(37)39(29)41(31)43/h1-24H. The second-order valence-electron chi connectivity index (χ2n) is 12.1. The van der Waals surface area contributed by atoms with E-state index in [9.17, 15) is 0 Å². The maximum absolute atomic E-state index is 2.50. The monoisotopic (exact) mass is 556 g/mol. The predicted molar refractivity (Wildman–Crippen MR) is 187 cm³/mol. The summed E-state index contributed by atoms with van der Waals surface area (Å²) in [6, 6.07) is 53.8. The summed E-state index contributed by atoms with van der Waals surface area (Å²) in [4.78, 5) is 0. The van der Waals surface area contributed by atoms with Crippen LogP contribution in [0.3, 0.4) is 0 Å². The highest BCUT2D eigenvalue weighted by atomic mass is 14.9. The fourth-order valence-electron chi connectivity index (χ4n) is 8.23. The summed E-state index contributed by atoms with van der Waals surface area (Å²) in [6.07, 6.45) is 0. The smallest absolute Gasteiger partial charge is 0.0626 e. The molecule has 7 aromatic carbocycles. The summed E-state index contributed by atoms with van der Waals surface area (Å²) in [5.41, 5.74) is 12.7. The highest BCUT2D eigenvalue weighted by molar-refractivity contribution is 6.32. The molecular weight excluding hydrogens is 532 g/mol. The van der Waals surface area contributed by atoms with Crippen LogP contribution in [0.2, 0.25) is 0 Å². The molecule has 2 nitrogen and oxygen atoms in total. The van der Waals surface area contributed by atoms with Gasteiger partial charge in [-0.1, -0.05) is 115 Å². The Hall–Kier alpha value is -5.86. The van der Waals surface area contributed by atoms with Crippen molar-refractivity contribution in [1.82, 2.24) is 8.80 Å². The van der Waals surface area contributed by atoms with Gasteiger partial charge < -0.3 is 8.80 Å². The normalized spacial score (nSPS) is 12.5. The van der Waals surface area contributed by atoms with Crippen LogP contribution in [0.25, 0.3) is 98.4 Å². The van der Waals surface area contributed by atoms with Crippen LogP contribution in [0.5, 0.6) is 0 Å². The highest BCUT2D eigenvalue weighted by Crippen LogP contribution is 2.48. The van der Waals surface area contributed by atoms with E-state index in [1.807, 2.05) is 0 Å². The quantitative estimate of drug-likeness (QED) is 0.200. The van der Waals surface area contributed by atoms with Gasteiger partial charge in [0, 0.05) is 43.1 Å². The Kier molecular flexibility index (Phi) is 4.10. The van der Waals surface area contributed by atoms with E-state index in [-0.39, 0.29) is 0 Å². The molecule has 4 heterocycles. The average molecular weight is 557 g/mol.